The van der Waals surface area contributed by atoms with Crippen LogP contribution in [0.1, 0.15) is 6.92 Å². The Balaban J connectivity index is 2.71. The summed E-state index contributed by atoms with van der Waals surface area (Å²) < 4.78 is 0. The zero-order valence-electron chi connectivity index (χ0n) is 11.1. The molecule has 1 aromatic rings. The van der Waals surface area contributed by atoms with Gasteiger partial charge in [-0.2, -0.15) is 0 Å². The fourth-order valence-corrected chi connectivity index (χ4v) is 4.20. The van der Waals surface area contributed by atoms with Crippen LogP contribution in [0.15, 0.2) is 46.2 Å². The Morgan fingerprint density at radius 3 is 2.35 bits per heavy atom. The summed E-state index contributed by atoms with van der Waals surface area (Å²) in [7, 11) is -1.16. The van der Waals surface area contributed by atoms with E-state index in [0.717, 1.165) is 11.6 Å². The molecule has 1 N–H and O–H groups in total. The lowest BCUT2D eigenvalue weighted by Gasteiger charge is -2.20. The Bertz CT molecular complexity index is 366. The van der Waals surface area contributed by atoms with Gasteiger partial charge in [-0.1, -0.05) is 49.6 Å². The van der Waals surface area contributed by atoms with Crippen molar-refractivity contribution in [1.82, 2.24) is 0 Å². The molecule has 0 saturated carbocycles. The lowest BCUT2D eigenvalue weighted by Crippen LogP contribution is -2.23. The first-order valence-electron chi connectivity index (χ1n) is 5.97. The smallest absolute Gasteiger partial charge is 0.0727 e. The standard InChI is InChI=1S/C14H22OSSi/c1-12(15)13(11-17(2,3)4)10-16-14-8-6-5-7-9-14/h5-10,12,15H,11H2,1-4H3/b13-10-. The highest BCUT2D eigenvalue weighted by atomic mass is 32.2. The predicted octanol–water partition coefficient (Wildman–Crippen LogP) is 4.38. The number of hydrogen-bond donors (Lipinski definition) is 1. The highest BCUT2D eigenvalue weighted by Gasteiger charge is 2.18. The van der Waals surface area contributed by atoms with Crippen molar-refractivity contribution in [1.29, 1.82) is 0 Å². The maximum atomic E-state index is 9.79. The maximum Gasteiger partial charge on any atom is 0.0727 e. The fraction of sp³-hybridized carbons (Fsp3) is 0.429. The van der Waals surface area contributed by atoms with E-state index in [1.165, 1.54) is 4.90 Å². The van der Waals surface area contributed by atoms with Crippen LogP contribution < -0.4 is 0 Å². The van der Waals surface area contributed by atoms with Crippen LogP contribution in [-0.2, 0) is 0 Å². The molecule has 17 heavy (non-hydrogen) atoms. The van der Waals surface area contributed by atoms with Crippen LogP contribution in [0.3, 0.4) is 0 Å². The van der Waals surface area contributed by atoms with Gasteiger partial charge in [-0.15, -0.1) is 0 Å². The van der Waals surface area contributed by atoms with Gasteiger partial charge in [0.2, 0.25) is 0 Å². The normalized spacial score (nSPS) is 14.8. The molecule has 0 aliphatic rings. The molecular formula is C14H22OSSi. The van der Waals surface area contributed by atoms with Crippen molar-refractivity contribution >= 4 is 19.8 Å². The minimum atomic E-state index is -1.16. The van der Waals surface area contributed by atoms with Crippen molar-refractivity contribution in [2.75, 3.05) is 0 Å². The van der Waals surface area contributed by atoms with Gasteiger partial charge in [0.15, 0.2) is 0 Å². The third-order valence-corrected chi connectivity index (χ3v) is 4.79. The summed E-state index contributed by atoms with van der Waals surface area (Å²) >= 11 is 1.70. The molecule has 1 aromatic carbocycles. The maximum absolute atomic E-state index is 9.79. The number of hydrogen-bond acceptors (Lipinski definition) is 2. The largest absolute Gasteiger partial charge is 0.389 e. The SMILES string of the molecule is CC(O)/C(=C\Sc1ccccc1)C[Si](C)(C)C. The van der Waals surface area contributed by atoms with Crippen LogP contribution in [0, 0.1) is 0 Å². The molecule has 1 nitrogen and oxygen atoms in total. The summed E-state index contributed by atoms with van der Waals surface area (Å²) in [5.41, 5.74) is 1.16. The zero-order valence-corrected chi connectivity index (χ0v) is 12.9. The molecule has 0 heterocycles. The van der Waals surface area contributed by atoms with E-state index < -0.39 is 8.07 Å². The molecule has 1 unspecified atom stereocenters. The number of thioether (sulfide) groups is 1. The first kappa shape index (κ1) is 14.5. The van der Waals surface area contributed by atoms with E-state index in [2.05, 4.69) is 37.2 Å². The van der Waals surface area contributed by atoms with Crippen molar-refractivity contribution in [3.63, 3.8) is 0 Å². The first-order chi connectivity index (χ1) is 7.88. The van der Waals surface area contributed by atoms with E-state index in [1.54, 1.807) is 11.8 Å². The van der Waals surface area contributed by atoms with Gasteiger partial charge in [-0.25, -0.2) is 0 Å². The Labute approximate surface area is 110 Å². The van der Waals surface area contributed by atoms with Crippen LogP contribution in [-0.4, -0.2) is 19.3 Å². The van der Waals surface area contributed by atoms with Crippen molar-refractivity contribution in [3.8, 4) is 0 Å². The molecule has 1 atom stereocenters. The average molecular weight is 266 g/mol. The second-order valence-corrected chi connectivity index (χ2v) is 12.0. The molecule has 0 aliphatic heterocycles. The van der Waals surface area contributed by atoms with Crippen molar-refractivity contribution in [2.45, 2.75) is 43.6 Å². The summed E-state index contributed by atoms with van der Waals surface area (Å²) in [4.78, 5) is 1.22. The minimum Gasteiger partial charge on any atom is -0.389 e. The van der Waals surface area contributed by atoms with Crippen LogP contribution >= 0.6 is 11.8 Å². The van der Waals surface area contributed by atoms with E-state index >= 15 is 0 Å². The summed E-state index contributed by atoms with van der Waals surface area (Å²) in [6.45, 7) is 8.85. The van der Waals surface area contributed by atoms with Gasteiger partial charge in [-0.3, -0.25) is 0 Å². The lowest BCUT2D eigenvalue weighted by molar-refractivity contribution is 0.231. The number of benzene rings is 1. The Kier molecular flexibility index (Phi) is 5.50. The van der Waals surface area contributed by atoms with E-state index in [4.69, 9.17) is 0 Å². The van der Waals surface area contributed by atoms with Crippen LogP contribution in [0.4, 0.5) is 0 Å². The van der Waals surface area contributed by atoms with Gasteiger partial charge in [0.25, 0.3) is 0 Å². The number of aliphatic hydroxyl groups excluding tert-OH is 1. The Morgan fingerprint density at radius 1 is 1.29 bits per heavy atom. The summed E-state index contributed by atoms with van der Waals surface area (Å²) in [5.74, 6) is 0. The molecule has 0 amide bonds. The highest BCUT2D eigenvalue weighted by molar-refractivity contribution is 8.02. The lowest BCUT2D eigenvalue weighted by atomic mass is 10.2. The van der Waals surface area contributed by atoms with Gasteiger partial charge in [0.05, 0.1) is 6.10 Å². The third kappa shape index (κ3) is 6.10. The molecule has 3 heteroatoms. The first-order valence-corrected chi connectivity index (χ1v) is 10.6. The van der Waals surface area contributed by atoms with Crippen molar-refractivity contribution in [2.24, 2.45) is 0 Å². The second kappa shape index (κ2) is 6.43. The molecule has 0 saturated heterocycles. The average Bonchev–Trinajstić information content (AvgIpc) is 2.24. The molecule has 0 fully saturated rings. The van der Waals surface area contributed by atoms with E-state index in [1.807, 2.05) is 25.1 Å². The van der Waals surface area contributed by atoms with Gasteiger partial charge in [0, 0.05) is 13.0 Å². The van der Waals surface area contributed by atoms with Gasteiger partial charge in [0.1, 0.15) is 0 Å². The molecular weight excluding hydrogens is 244 g/mol. The van der Waals surface area contributed by atoms with Crippen molar-refractivity contribution < 1.29 is 5.11 Å². The molecule has 0 spiro atoms. The zero-order chi connectivity index (χ0) is 12.9. The van der Waals surface area contributed by atoms with Crippen LogP contribution in [0.25, 0.3) is 0 Å². The third-order valence-electron chi connectivity index (χ3n) is 2.36. The summed E-state index contributed by atoms with van der Waals surface area (Å²) in [6, 6.07) is 11.3. The molecule has 94 valence electrons. The summed E-state index contributed by atoms with van der Waals surface area (Å²) in [6.07, 6.45) is -0.335. The quantitative estimate of drug-likeness (QED) is 0.630. The Hall–Kier alpha value is -0.513. The fourth-order valence-electron chi connectivity index (χ4n) is 1.54. The van der Waals surface area contributed by atoms with Gasteiger partial charge < -0.3 is 5.11 Å². The number of rotatable bonds is 5. The molecule has 0 aliphatic carbocycles. The molecule has 0 aromatic heterocycles. The minimum absolute atomic E-state index is 0.335. The number of aliphatic hydroxyl groups is 1. The monoisotopic (exact) mass is 266 g/mol. The second-order valence-electron chi connectivity index (χ2n) is 5.54. The van der Waals surface area contributed by atoms with E-state index in [-0.39, 0.29) is 6.10 Å². The van der Waals surface area contributed by atoms with Crippen LogP contribution in [0.5, 0.6) is 0 Å². The summed E-state index contributed by atoms with van der Waals surface area (Å²) in [5, 5.41) is 11.9. The molecule has 0 radical (unpaired) electrons. The van der Waals surface area contributed by atoms with E-state index in [9.17, 15) is 5.11 Å². The molecule has 0 bridgehead atoms. The predicted molar refractivity (Wildman–Crippen MR) is 80.2 cm³/mol. The highest BCUT2D eigenvalue weighted by Crippen LogP contribution is 2.26. The van der Waals surface area contributed by atoms with E-state index in [0.29, 0.717) is 0 Å². The van der Waals surface area contributed by atoms with Gasteiger partial charge in [-0.05, 0) is 36.1 Å². The van der Waals surface area contributed by atoms with Crippen LogP contribution in [0.2, 0.25) is 25.7 Å². The molecule has 1 rings (SSSR count). The Morgan fingerprint density at radius 2 is 1.88 bits per heavy atom. The van der Waals surface area contributed by atoms with Gasteiger partial charge >= 0.3 is 0 Å². The van der Waals surface area contributed by atoms with Crippen molar-refractivity contribution in [3.05, 3.63) is 41.3 Å². The topological polar surface area (TPSA) is 20.2 Å².